The predicted octanol–water partition coefficient (Wildman–Crippen LogP) is 3.08. The lowest BCUT2D eigenvalue weighted by Crippen LogP contribution is -2.31. The Hall–Kier alpha value is -0.260. The van der Waals surface area contributed by atoms with Gasteiger partial charge in [-0.25, -0.2) is 0 Å². The molecule has 0 aliphatic carbocycles. The lowest BCUT2D eigenvalue weighted by atomic mass is 10.2. The van der Waals surface area contributed by atoms with E-state index >= 15 is 0 Å². The first kappa shape index (κ1) is 14.8. The molecule has 0 fully saturated rings. The van der Waals surface area contributed by atoms with Crippen molar-refractivity contribution < 1.29 is 4.74 Å². The van der Waals surface area contributed by atoms with Crippen molar-refractivity contribution in [1.82, 2.24) is 10.3 Å². The van der Waals surface area contributed by atoms with Crippen molar-refractivity contribution in [3.8, 4) is 5.75 Å². The van der Waals surface area contributed by atoms with E-state index < -0.39 is 0 Å². The van der Waals surface area contributed by atoms with Crippen LogP contribution in [0.25, 0.3) is 0 Å². The van der Waals surface area contributed by atoms with Gasteiger partial charge in [0.15, 0.2) is 0 Å². The number of ether oxygens (including phenoxy) is 1. The van der Waals surface area contributed by atoms with Crippen molar-refractivity contribution in [2.24, 2.45) is 0 Å². The fourth-order valence-electron chi connectivity index (χ4n) is 1.35. The molecule has 1 rings (SSSR count). The van der Waals surface area contributed by atoms with Gasteiger partial charge in [0.05, 0.1) is 13.3 Å². The Labute approximate surface area is 116 Å². The van der Waals surface area contributed by atoms with E-state index in [9.17, 15) is 0 Å². The second kappa shape index (κ2) is 6.61. The van der Waals surface area contributed by atoms with Gasteiger partial charge in [0, 0.05) is 34.1 Å². The first-order valence-electron chi connectivity index (χ1n) is 5.42. The molecule has 0 saturated carbocycles. The second-order valence-electron chi connectivity index (χ2n) is 4.37. The van der Waals surface area contributed by atoms with Gasteiger partial charge in [-0.2, -0.15) is 11.8 Å². The zero-order chi connectivity index (χ0) is 12.9. The van der Waals surface area contributed by atoms with Crippen LogP contribution in [0.3, 0.4) is 0 Å². The van der Waals surface area contributed by atoms with Gasteiger partial charge in [-0.3, -0.25) is 4.98 Å². The average Bonchev–Trinajstić information content (AvgIpc) is 2.31. The molecule has 0 amide bonds. The number of hydrogen-bond acceptors (Lipinski definition) is 4. The summed E-state index contributed by atoms with van der Waals surface area (Å²) in [6.45, 7) is 6.18. The Balaban J connectivity index is 2.63. The zero-order valence-electron chi connectivity index (χ0n) is 10.7. The van der Waals surface area contributed by atoms with Crippen LogP contribution in [-0.4, -0.2) is 29.6 Å². The van der Waals surface area contributed by atoms with Gasteiger partial charge in [-0.1, -0.05) is 0 Å². The molecule has 0 radical (unpaired) electrons. The number of aromatic nitrogens is 1. The van der Waals surface area contributed by atoms with Crippen LogP contribution >= 0.6 is 27.7 Å². The quantitative estimate of drug-likeness (QED) is 0.874. The summed E-state index contributed by atoms with van der Waals surface area (Å²) in [5.74, 6) is 0.814. The van der Waals surface area contributed by atoms with E-state index in [0.717, 1.165) is 28.9 Å². The standard InChI is InChI=1S/C12H19BrN2OS/c1-12(2,17-4)8-15-5-9-10(13)6-14-7-11(9)16-3/h6-7,15H,5,8H2,1-4H3. The third-order valence-corrected chi connectivity index (χ3v) is 4.52. The first-order chi connectivity index (χ1) is 8.00. The number of pyridine rings is 1. The highest BCUT2D eigenvalue weighted by Gasteiger charge is 2.16. The highest BCUT2D eigenvalue weighted by Crippen LogP contribution is 2.25. The molecule has 0 saturated heterocycles. The van der Waals surface area contributed by atoms with Gasteiger partial charge < -0.3 is 10.1 Å². The number of hydrogen-bond donors (Lipinski definition) is 1. The molecule has 1 aromatic rings. The summed E-state index contributed by atoms with van der Waals surface area (Å²) in [6, 6.07) is 0. The molecule has 0 spiro atoms. The van der Waals surface area contributed by atoms with E-state index in [4.69, 9.17) is 4.74 Å². The lowest BCUT2D eigenvalue weighted by molar-refractivity contribution is 0.404. The first-order valence-corrected chi connectivity index (χ1v) is 7.44. The zero-order valence-corrected chi connectivity index (χ0v) is 13.1. The van der Waals surface area contributed by atoms with E-state index in [2.05, 4.69) is 46.3 Å². The molecule has 3 nitrogen and oxygen atoms in total. The SMILES string of the molecule is COc1cncc(Br)c1CNCC(C)(C)SC. The molecule has 1 aromatic heterocycles. The predicted molar refractivity (Wildman–Crippen MR) is 77.8 cm³/mol. The van der Waals surface area contributed by atoms with Crippen LogP contribution in [0, 0.1) is 0 Å². The maximum Gasteiger partial charge on any atom is 0.142 e. The van der Waals surface area contributed by atoms with E-state index in [0.29, 0.717) is 0 Å². The third-order valence-electron chi connectivity index (χ3n) is 2.59. The average molecular weight is 319 g/mol. The second-order valence-corrected chi connectivity index (χ2v) is 6.74. The van der Waals surface area contributed by atoms with Crippen molar-refractivity contribution in [2.75, 3.05) is 19.9 Å². The van der Waals surface area contributed by atoms with Crippen LogP contribution in [-0.2, 0) is 6.54 Å². The number of halogens is 1. The maximum absolute atomic E-state index is 5.30. The Morgan fingerprint density at radius 1 is 1.47 bits per heavy atom. The summed E-state index contributed by atoms with van der Waals surface area (Å²) < 4.78 is 6.52. The molecular formula is C12H19BrN2OS. The number of nitrogens with zero attached hydrogens (tertiary/aromatic N) is 1. The summed E-state index contributed by atoms with van der Waals surface area (Å²) >= 11 is 5.36. The minimum Gasteiger partial charge on any atom is -0.495 e. The van der Waals surface area contributed by atoms with E-state index in [1.54, 1.807) is 19.5 Å². The molecule has 0 aliphatic heterocycles. The Bertz CT molecular complexity index is 372. The summed E-state index contributed by atoms with van der Waals surface area (Å²) in [7, 11) is 1.67. The molecule has 96 valence electrons. The number of nitrogens with one attached hydrogen (secondary N) is 1. The maximum atomic E-state index is 5.30. The molecule has 0 unspecified atom stereocenters. The van der Waals surface area contributed by atoms with Gasteiger partial charge in [0.25, 0.3) is 0 Å². The third kappa shape index (κ3) is 4.48. The van der Waals surface area contributed by atoms with Gasteiger partial charge >= 0.3 is 0 Å². The van der Waals surface area contributed by atoms with Crippen molar-refractivity contribution in [3.05, 3.63) is 22.4 Å². The number of methoxy groups -OCH3 is 1. The van der Waals surface area contributed by atoms with Crippen LogP contribution in [0.4, 0.5) is 0 Å². The van der Waals surface area contributed by atoms with Gasteiger partial charge in [-0.15, -0.1) is 0 Å². The fourth-order valence-corrected chi connectivity index (χ4v) is 2.05. The van der Waals surface area contributed by atoms with Gasteiger partial charge in [0.2, 0.25) is 0 Å². The van der Waals surface area contributed by atoms with Crippen LogP contribution < -0.4 is 10.1 Å². The molecule has 5 heteroatoms. The van der Waals surface area contributed by atoms with Crippen LogP contribution in [0.2, 0.25) is 0 Å². The van der Waals surface area contributed by atoms with E-state index in [1.807, 2.05) is 11.8 Å². The van der Waals surface area contributed by atoms with Crippen molar-refractivity contribution >= 4 is 27.7 Å². The summed E-state index contributed by atoms with van der Waals surface area (Å²) in [6.07, 6.45) is 5.66. The Kier molecular flexibility index (Phi) is 5.76. The van der Waals surface area contributed by atoms with Crippen molar-refractivity contribution in [3.63, 3.8) is 0 Å². The topological polar surface area (TPSA) is 34.1 Å². The monoisotopic (exact) mass is 318 g/mol. The van der Waals surface area contributed by atoms with E-state index in [-0.39, 0.29) is 4.75 Å². The summed E-state index contributed by atoms with van der Waals surface area (Å²) in [5, 5.41) is 3.45. The molecule has 0 bridgehead atoms. The molecular weight excluding hydrogens is 300 g/mol. The van der Waals surface area contributed by atoms with Crippen LogP contribution in [0.15, 0.2) is 16.9 Å². The summed E-state index contributed by atoms with van der Waals surface area (Å²) in [4.78, 5) is 4.08. The molecule has 0 atom stereocenters. The van der Waals surface area contributed by atoms with E-state index in [1.165, 1.54) is 0 Å². The molecule has 1 N–H and O–H groups in total. The fraction of sp³-hybridized carbons (Fsp3) is 0.583. The van der Waals surface area contributed by atoms with Crippen molar-refractivity contribution in [2.45, 2.75) is 25.1 Å². The normalized spacial score (nSPS) is 11.6. The van der Waals surface area contributed by atoms with Crippen LogP contribution in [0.1, 0.15) is 19.4 Å². The van der Waals surface area contributed by atoms with Gasteiger partial charge in [0.1, 0.15) is 5.75 Å². The highest BCUT2D eigenvalue weighted by molar-refractivity contribution is 9.10. The number of thioether (sulfide) groups is 1. The molecule has 1 heterocycles. The Morgan fingerprint density at radius 3 is 2.76 bits per heavy atom. The van der Waals surface area contributed by atoms with Gasteiger partial charge in [-0.05, 0) is 36.0 Å². The molecule has 0 aliphatic rings. The van der Waals surface area contributed by atoms with Crippen molar-refractivity contribution in [1.29, 1.82) is 0 Å². The summed E-state index contributed by atoms with van der Waals surface area (Å²) in [5.41, 5.74) is 1.11. The lowest BCUT2D eigenvalue weighted by Gasteiger charge is -2.22. The molecule has 0 aromatic carbocycles. The minimum atomic E-state index is 0.243. The van der Waals surface area contributed by atoms with Crippen LogP contribution in [0.5, 0.6) is 5.75 Å². The molecule has 17 heavy (non-hydrogen) atoms. The highest BCUT2D eigenvalue weighted by atomic mass is 79.9. The number of rotatable bonds is 6. The minimum absolute atomic E-state index is 0.243. The Morgan fingerprint density at radius 2 is 2.18 bits per heavy atom. The largest absolute Gasteiger partial charge is 0.495 e. The smallest absolute Gasteiger partial charge is 0.142 e.